The van der Waals surface area contributed by atoms with E-state index in [4.69, 9.17) is 0 Å². The lowest BCUT2D eigenvalue weighted by molar-refractivity contribution is 0.635. The van der Waals surface area contributed by atoms with Gasteiger partial charge in [0.1, 0.15) is 5.82 Å². The minimum Gasteiger partial charge on any atom is -0.248 e. The van der Waals surface area contributed by atoms with E-state index in [2.05, 4.69) is 159 Å². The van der Waals surface area contributed by atoms with Crippen LogP contribution in [0.25, 0.3) is 0 Å². The summed E-state index contributed by atoms with van der Waals surface area (Å²) < 4.78 is 19.7. The monoisotopic (exact) mass is 1010 g/mol. The predicted octanol–water partition coefficient (Wildman–Crippen LogP) is 17.3. The lowest BCUT2D eigenvalue weighted by Crippen LogP contribution is -2.49. The fourth-order valence-electron chi connectivity index (χ4n) is 11.6. The summed E-state index contributed by atoms with van der Waals surface area (Å²) in [6.07, 6.45) is 23.2. The van der Waals surface area contributed by atoms with Gasteiger partial charge in [-0.2, -0.15) is 0 Å². The lowest BCUT2D eigenvalue weighted by Gasteiger charge is -2.39. The van der Waals surface area contributed by atoms with E-state index in [-0.39, 0.29) is 5.82 Å². The maximum atomic E-state index is 17.0. The molecule has 0 aliphatic heterocycles. The second-order valence-electron chi connectivity index (χ2n) is 21.0. The van der Waals surface area contributed by atoms with Gasteiger partial charge in [0.25, 0.3) is 0 Å². The Morgan fingerprint density at radius 1 is 0.353 bits per heavy atom. The van der Waals surface area contributed by atoms with Crippen molar-refractivity contribution in [1.29, 1.82) is 0 Å². The summed E-state index contributed by atoms with van der Waals surface area (Å²) in [5.74, 6) is -0.0602. The minimum absolute atomic E-state index is 0.0602. The Morgan fingerprint density at radius 2 is 0.618 bits per heavy atom. The van der Waals surface area contributed by atoms with Crippen molar-refractivity contribution in [2.75, 3.05) is 7.05 Å². The van der Waals surface area contributed by atoms with Crippen molar-refractivity contribution in [3.63, 3.8) is 0 Å². The molecule has 0 N–H and O–H groups in total. The molecule has 1 nitrogen and oxygen atoms in total. The minimum atomic E-state index is -1.83. The van der Waals surface area contributed by atoms with Crippen LogP contribution in [0.1, 0.15) is 178 Å². The van der Waals surface area contributed by atoms with Crippen LogP contribution in [0.4, 0.5) is 4.39 Å². The maximum Gasteiger partial charge on any atom is 0.132 e. The summed E-state index contributed by atoms with van der Waals surface area (Å²) in [7, 11) is -5.29. The molecule has 1 atom stereocenters. The highest BCUT2D eigenvalue weighted by Gasteiger charge is 2.39. The molecule has 4 rings (SSSR count). The first-order valence-electron chi connectivity index (χ1n) is 28.5. The molecule has 68 heavy (non-hydrogen) atoms. The van der Waals surface area contributed by atoms with Crippen LogP contribution in [0, 0.1) is 5.82 Å². The molecule has 0 radical (unpaired) electrons. The van der Waals surface area contributed by atoms with Crippen LogP contribution >= 0.6 is 16.1 Å². The van der Waals surface area contributed by atoms with Crippen molar-refractivity contribution in [2.45, 2.75) is 232 Å². The van der Waals surface area contributed by atoms with E-state index < -0.39 is 40.4 Å². The summed E-state index contributed by atoms with van der Waals surface area (Å²) in [6.45, 7) is 21.5. The van der Waals surface area contributed by atoms with Crippen LogP contribution < -0.4 is 36.8 Å². The molecule has 0 aliphatic rings. The molecule has 0 fully saturated rings. The number of unbranched alkanes of at least 4 members (excludes halogenated alkanes) is 9. The SMILES string of the molecule is CCCC[Si](CCCC)(CCCC)c1cccc(P(c2cccc([Si](CCCC)(CCCC)CCCC)c2)N(C)P(c2cccc([Si](CCCC)(CCCC)CCCC)c2)c2ccccc2F)c1. The molecule has 0 bridgehead atoms. The first-order valence-corrected chi connectivity index (χ1v) is 39.0. The molecule has 0 aliphatic carbocycles. The second kappa shape index (κ2) is 31.7. The summed E-state index contributed by atoms with van der Waals surface area (Å²) in [5.41, 5.74) is 0. The summed E-state index contributed by atoms with van der Waals surface area (Å²) in [5, 5.41) is 10.2. The third-order valence-electron chi connectivity index (χ3n) is 15.8. The number of hydrogen-bond acceptors (Lipinski definition) is 1. The van der Waals surface area contributed by atoms with E-state index in [9.17, 15) is 0 Å². The van der Waals surface area contributed by atoms with Crippen molar-refractivity contribution >= 4 is 77.1 Å². The maximum absolute atomic E-state index is 17.0. The third-order valence-corrected chi connectivity index (χ3v) is 37.6. The van der Waals surface area contributed by atoms with Gasteiger partial charge in [0.2, 0.25) is 0 Å². The highest BCUT2D eigenvalue weighted by Crippen LogP contribution is 2.53. The van der Waals surface area contributed by atoms with Crippen molar-refractivity contribution in [3.05, 3.63) is 103 Å². The normalized spacial score (nSPS) is 13.0. The predicted molar refractivity (Wildman–Crippen MR) is 319 cm³/mol. The topological polar surface area (TPSA) is 3.24 Å². The van der Waals surface area contributed by atoms with Gasteiger partial charge in [-0.25, -0.2) is 8.83 Å². The van der Waals surface area contributed by atoms with Crippen molar-refractivity contribution in [2.24, 2.45) is 0 Å². The number of rotatable bonds is 36. The van der Waals surface area contributed by atoms with E-state index in [0.29, 0.717) is 0 Å². The van der Waals surface area contributed by atoms with Gasteiger partial charge in [0.15, 0.2) is 0 Å². The Morgan fingerprint density at radius 3 is 0.882 bits per heavy atom. The number of halogens is 1. The van der Waals surface area contributed by atoms with Crippen molar-refractivity contribution in [1.82, 2.24) is 4.44 Å². The van der Waals surface area contributed by atoms with Gasteiger partial charge in [-0.1, -0.05) is 333 Å². The van der Waals surface area contributed by atoms with Crippen LogP contribution in [0.3, 0.4) is 0 Å². The molecule has 0 spiro atoms. The zero-order chi connectivity index (χ0) is 49.3. The lowest BCUT2D eigenvalue weighted by atomic mass is 10.3. The smallest absolute Gasteiger partial charge is 0.132 e. The average Bonchev–Trinajstić information content (AvgIpc) is 3.37. The molecule has 0 aromatic heterocycles. The fourth-order valence-corrected chi connectivity index (χ4v) is 34.6. The Balaban J connectivity index is 2.12. The van der Waals surface area contributed by atoms with Crippen LogP contribution in [0.2, 0.25) is 54.4 Å². The van der Waals surface area contributed by atoms with Crippen LogP contribution in [-0.4, -0.2) is 35.7 Å². The third kappa shape index (κ3) is 16.1. The highest BCUT2D eigenvalue weighted by molar-refractivity contribution is 7.84. The van der Waals surface area contributed by atoms with E-state index >= 15 is 4.39 Å². The van der Waals surface area contributed by atoms with E-state index in [0.717, 1.165) is 5.30 Å². The summed E-state index contributed by atoms with van der Waals surface area (Å²) in [6, 6.07) is 50.8. The molecular weight excluding hydrogens is 912 g/mol. The zero-order valence-electron chi connectivity index (χ0n) is 45.5. The first kappa shape index (κ1) is 58.8. The number of benzene rings is 4. The number of nitrogens with zero attached hydrogens (tertiary/aromatic N) is 1. The van der Waals surface area contributed by atoms with Crippen LogP contribution in [-0.2, 0) is 0 Å². The summed E-state index contributed by atoms with van der Waals surface area (Å²) >= 11 is 0. The van der Waals surface area contributed by atoms with Crippen molar-refractivity contribution in [3.8, 4) is 0 Å². The molecule has 378 valence electrons. The molecule has 4 aromatic carbocycles. The van der Waals surface area contributed by atoms with Gasteiger partial charge < -0.3 is 0 Å². The molecule has 0 heterocycles. The van der Waals surface area contributed by atoms with Crippen molar-refractivity contribution < 1.29 is 4.39 Å². The van der Waals surface area contributed by atoms with E-state index in [1.165, 1.54) is 186 Å². The molecule has 1 unspecified atom stereocenters. The first-order chi connectivity index (χ1) is 33.1. The molecule has 0 saturated heterocycles. The average molecular weight is 1010 g/mol. The van der Waals surface area contributed by atoms with Crippen LogP contribution in [0.15, 0.2) is 97.1 Å². The molecule has 0 amide bonds. The molecule has 0 saturated carbocycles. The van der Waals surface area contributed by atoms with E-state index in [1.54, 1.807) is 21.6 Å². The van der Waals surface area contributed by atoms with Gasteiger partial charge in [0.05, 0.1) is 24.2 Å². The molecule has 7 heteroatoms. The zero-order valence-corrected chi connectivity index (χ0v) is 50.3. The Hall–Kier alpha value is -1.72. The Labute approximate surface area is 425 Å². The molecular formula is C61H100FNP2Si3. The van der Waals surface area contributed by atoms with Gasteiger partial charge in [-0.15, -0.1) is 0 Å². The van der Waals surface area contributed by atoms with Gasteiger partial charge in [-0.05, 0) is 35.1 Å². The fraction of sp³-hybridized carbons (Fsp3) is 0.607. The summed E-state index contributed by atoms with van der Waals surface area (Å²) in [4.78, 5) is 0. The Kier molecular flexibility index (Phi) is 27.4. The van der Waals surface area contributed by atoms with Gasteiger partial charge >= 0.3 is 0 Å². The number of hydrogen-bond donors (Lipinski definition) is 0. The van der Waals surface area contributed by atoms with Gasteiger partial charge in [-0.3, -0.25) is 0 Å². The quantitative estimate of drug-likeness (QED) is 0.0324. The highest BCUT2D eigenvalue weighted by atomic mass is 31.2. The Bertz CT molecular complexity index is 1850. The van der Waals surface area contributed by atoms with Gasteiger partial charge in [0, 0.05) is 21.4 Å². The largest absolute Gasteiger partial charge is 0.248 e. The van der Waals surface area contributed by atoms with E-state index in [1.807, 2.05) is 6.07 Å². The van der Waals surface area contributed by atoms with Crippen LogP contribution in [0.5, 0.6) is 0 Å². The second-order valence-corrected chi connectivity index (χ2v) is 39.7. The molecule has 4 aromatic rings. The standard InChI is InChI=1S/C61H100FNP2Si3/c1-11-20-42-66(43-21-12-2,44-22-13-3)57-37-31-34-54(51-57)64(55-35-32-38-58(52-55)67(45-23-14-4,46-24-15-5)47-25-16-6)63(10)65(61-41-30-29-40-60(61)62)56-36-33-39-59(53-56)68(48-26-17-7,49-27-18-8)50-28-19-9/h29-41,51-53H,11-28,42-50H2,1-10H3.